The van der Waals surface area contributed by atoms with Gasteiger partial charge in [-0.3, -0.25) is 0 Å². The van der Waals surface area contributed by atoms with E-state index in [4.69, 9.17) is 4.74 Å². The molecule has 0 N–H and O–H groups in total. The molecule has 0 spiro atoms. The summed E-state index contributed by atoms with van der Waals surface area (Å²) in [6.07, 6.45) is 5.08. The number of benzene rings is 3. The van der Waals surface area contributed by atoms with Gasteiger partial charge in [0.25, 0.3) is 0 Å². The predicted octanol–water partition coefficient (Wildman–Crippen LogP) is 6.73. The Bertz CT molecular complexity index is 979. The Morgan fingerprint density at radius 3 is 2.12 bits per heavy atom. The van der Waals surface area contributed by atoms with E-state index >= 15 is 0 Å². The van der Waals surface area contributed by atoms with Gasteiger partial charge in [-0.25, -0.2) is 0 Å². The average molecular weight is 427 g/mol. The fourth-order valence-electron chi connectivity index (χ4n) is 4.12. The Hall–Kier alpha value is -3.09. The Morgan fingerprint density at radius 1 is 0.781 bits per heavy atom. The summed E-state index contributed by atoms with van der Waals surface area (Å²) >= 11 is 0. The van der Waals surface area contributed by atoms with Gasteiger partial charge < -0.3 is 9.64 Å². The van der Waals surface area contributed by atoms with Gasteiger partial charge in [-0.05, 0) is 41.7 Å². The van der Waals surface area contributed by atoms with Crippen molar-refractivity contribution in [2.75, 3.05) is 25.6 Å². The first-order valence-electron chi connectivity index (χ1n) is 11.5. The minimum Gasteiger partial charge on any atom is -0.378 e. The van der Waals surface area contributed by atoms with Gasteiger partial charge in [0.15, 0.2) is 0 Å². The van der Waals surface area contributed by atoms with Crippen molar-refractivity contribution in [1.82, 2.24) is 0 Å². The number of nitriles is 1. The number of nitrogens with zero attached hydrogens (tertiary/aromatic N) is 2. The second-order valence-electron chi connectivity index (χ2n) is 8.53. The zero-order valence-electron chi connectivity index (χ0n) is 19.3. The maximum absolute atomic E-state index is 10.4. The normalized spacial score (nSPS) is 12.7. The standard InChI is InChI=1S/C29H34N2O/c1-31(2)28-19-13-18-27(22-28)29(24-30,26-16-9-6-10-17-26)20-11-3-4-12-21-32-23-25-14-7-5-8-15-25/h5-10,13-19,22H,3-4,11-12,20-21,23H2,1-2H3/t29-/m1/s1. The third-order valence-corrected chi connectivity index (χ3v) is 6.01. The molecule has 1 atom stereocenters. The van der Waals surface area contributed by atoms with Crippen LogP contribution in [0.15, 0.2) is 84.9 Å². The summed E-state index contributed by atoms with van der Waals surface area (Å²) < 4.78 is 5.81. The van der Waals surface area contributed by atoms with Crippen molar-refractivity contribution in [3.8, 4) is 6.07 Å². The lowest BCUT2D eigenvalue weighted by Crippen LogP contribution is -2.26. The molecular weight excluding hydrogens is 392 g/mol. The van der Waals surface area contributed by atoms with Crippen molar-refractivity contribution in [1.29, 1.82) is 5.26 Å². The monoisotopic (exact) mass is 426 g/mol. The quantitative estimate of drug-likeness (QED) is 0.301. The lowest BCUT2D eigenvalue weighted by molar-refractivity contribution is 0.116. The van der Waals surface area contributed by atoms with E-state index in [1.54, 1.807) is 0 Å². The molecule has 3 heteroatoms. The van der Waals surface area contributed by atoms with Gasteiger partial charge in [0.2, 0.25) is 0 Å². The van der Waals surface area contributed by atoms with Crippen LogP contribution >= 0.6 is 0 Å². The van der Waals surface area contributed by atoms with E-state index in [9.17, 15) is 5.26 Å². The molecule has 32 heavy (non-hydrogen) atoms. The SMILES string of the molecule is CN(C)c1cccc([C@@](C#N)(CCCCCCOCc2ccccc2)c2ccccc2)c1. The van der Waals surface area contributed by atoms with E-state index in [1.165, 1.54) is 5.56 Å². The molecule has 0 aliphatic carbocycles. The van der Waals surface area contributed by atoms with Crippen LogP contribution in [0.3, 0.4) is 0 Å². The summed E-state index contributed by atoms with van der Waals surface area (Å²) in [6.45, 7) is 1.45. The minimum atomic E-state index is -0.628. The van der Waals surface area contributed by atoms with Crippen molar-refractivity contribution in [3.63, 3.8) is 0 Å². The Labute approximate surface area is 193 Å². The van der Waals surface area contributed by atoms with Crippen LogP contribution < -0.4 is 4.90 Å². The maximum Gasteiger partial charge on any atom is 0.107 e. The predicted molar refractivity (Wildman–Crippen MR) is 133 cm³/mol. The second kappa shape index (κ2) is 12.1. The maximum atomic E-state index is 10.4. The van der Waals surface area contributed by atoms with Gasteiger partial charge in [-0.1, -0.05) is 92.1 Å². The second-order valence-corrected chi connectivity index (χ2v) is 8.53. The van der Waals surface area contributed by atoms with Gasteiger partial charge >= 0.3 is 0 Å². The van der Waals surface area contributed by atoms with Crippen LogP contribution in [-0.4, -0.2) is 20.7 Å². The third-order valence-electron chi connectivity index (χ3n) is 6.01. The summed E-state index contributed by atoms with van der Waals surface area (Å²) in [5, 5.41) is 10.4. The van der Waals surface area contributed by atoms with Crippen molar-refractivity contribution < 1.29 is 4.74 Å². The highest BCUT2D eigenvalue weighted by atomic mass is 16.5. The van der Waals surface area contributed by atoms with Gasteiger partial charge in [0.1, 0.15) is 5.41 Å². The first-order chi connectivity index (χ1) is 15.7. The minimum absolute atomic E-state index is 0.628. The molecule has 3 aromatic rings. The van der Waals surface area contributed by atoms with E-state index in [0.717, 1.165) is 55.5 Å². The van der Waals surface area contributed by atoms with Gasteiger partial charge in [-0.15, -0.1) is 0 Å². The van der Waals surface area contributed by atoms with Crippen LogP contribution in [0.2, 0.25) is 0 Å². The van der Waals surface area contributed by atoms with E-state index in [1.807, 2.05) is 50.5 Å². The number of hydrogen-bond donors (Lipinski definition) is 0. The fourth-order valence-corrected chi connectivity index (χ4v) is 4.12. The summed E-state index contributed by atoms with van der Waals surface area (Å²) in [4.78, 5) is 2.09. The lowest BCUT2D eigenvalue weighted by Gasteiger charge is -2.29. The molecule has 0 aliphatic rings. The van der Waals surface area contributed by atoms with Gasteiger partial charge in [0, 0.05) is 26.4 Å². The van der Waals surface area contributed by atoms with Gasteiger partial charge in [0.05, 0.1) is 12.7 Å². The molecule has 0 aliphatic heterocycles. The van der Waals surface area contributed by atoms with Crippen LogP contribution in [0.25, 0.3) is 0 Å². The molecule has 0 heterocycles. The average Bonchev–Trinajstić information content (AvgIpc) is 2.84. The van der Waals surface area contributed by atoms with Crippen LogP contribution in [0.4, 0.5) is 5.69 Å². The Morgan fingerprint density at radius 2 is 1.44 bits per heavy atom. The lowest BCUT2D eigenvalue weighted by atomic mass is 9.72. The molecule has 0 radical (unpaired) electrons. The Balaban J connectivity index is 1.58. The largest absolute Gasteiger partial charge is 0.378 e. The molecule has 166 valence electrons. The molecule has 0 unspecified atom stereocenters. The molecule has 3 nitrogen and oxygen atoms in total. The zero-order valence-corrected chi connectivity index (χ0v) is 19.3. The molecule has 0 bridgehead atoms. The molecule has 0 saturated heterocycles. The Kier molecular flexibility index (Phi) is 8.90. The van der Waals surface area contributed by atoms with Crippen LogP contribution in [0, 0.1) is 11.3 Å². The highest BCUT2D eigenvalue weighted by Gasteiger charge is 2.34. The molecule has 0 amide bonds. The van der Waals surface area contributed by atoms with E-state index in [0.29, 0.717) is 6.61 Å². The van der Waals surface area contributed by atoms with Crippen molar-refractivity contribution in [3.05, 3.63) is 102 Å². The number of hydrogen-bond acceptors (Lipinski definition) is 3. The van der Waals surface area contributed by atoms with Gasteiger partial charge in [-0.2, -0.15) is 5.26 Å². The smallest absolute Gasteiger partial charge is 0.107 e. The number of unbranched alkanes of at least 4 members (excludes halogenated alkanes) is 3. The fraction of sp³-hybridized carbons (Fsp3) is 0.345. The topological polar surface area (TPSA) is 36.3 Å². The highest BCUT2D eigenvalue weighted by molar-refractivity contribution is 5.54. The zero-order chi connectivity index (χ0) is 22.7. The number of rotatable bonds is 12. The number of anilines is 1. The van der Waals surface area contributed by atoms with E-state index in [2.05, 4.69) is 59.5 Å². The van der Waals surface area contributed by atoms with Crippen molar-refractivity contribution in [2.24, 2.45) is 0 Å². The van der Waals surface area contributed by atoms with Crippen molar-refractivity contribution >= 4 is 5.69 Å². The highest BCUT2D eigenvalue weighted by Crippen LogP contribution is 2.38. The first-order valence-corrected chi connectivity index (χ1v) is 11.5. The molecule has 0 aromatic heterocycles. The van der Waals surface area contributed by atoms with E-state index < -0.39 is 5.41 Å². The summed E-state index contributed by atoms with van der Waals surface area (Å²) in [5.41, 5.74) is 3.85. The van der Waals surface area contributed by atoms with Crippen molar-refractivity contribution in [2.45, 2.75) is 44.1 Å². The molecule has 3 rings (SSSR count). The summed E-state index contributed by atoms with van der Waals surface area (Å²) in [7, 11) is 4.07. The summed E-state index contributed by atoms with van der Waals surface area (Å²) in [5.74, 6) is 0. The number of ether oxygens (including phenoxy) is 1. The van der Waals surface area contributed by atoms with Crippen LogP contribution in [-0.2, 0) is 16.8 Å². The van der Waals surface area contributed by atoms with Crippen LogP contribution in [0.1, 0.15) is 48.8 Å². The molecule has 0 saturated carbocycles. The molecule has 0 fully saturated rings. The van der Waals surface area contributed by atoms with Crippen LogP contribution in [0.5, 0.6) is 0 Å². The van der Waals surface area contributed by atoms with E-state index in [-0.39, 0.29) is 0 Å². The first kappa shape index (κ1) is 23.6. The summed E-state index contributed by atoms with van der Waals surface area (Å²) in [6, 6.07) is 31.6. The molecule has 3 aromatic carbocycles. The molecular formula is C29H34N2O. The third kappa shape index (κ3) is 6.22.